The Balaban J connectivity index is -0.00000128. The molecule has 0 fully saturated rings. The number of hydrogen-bond donors (Lipinski definition) is 2. The van der Waals surface area contributed by atoms with Crippen LogP contribution in [-0.4, -0.2) is 38.8 Å². The van der Waals surface area contributed by atoms with Crippen LogP contribution in [0.5, 0.6) is 0 Å². The van der Waals surface area contributed by atoms with Gasteiger partial charge in [-0.1, -0.05) is 14.9 Å². The lowest BCUT2D eigenvalue weighted by Crippen LogP contribution is -2.44. The molecule has 0 spiro atoms. The van der Waals surface area contributed by atoms with Crippen molar-refractivity contribution in [1.82, 2.24) is 0 Å². The number of carboxylic acid groups (broad SMARTS) is 2. The molecule has 0 radical (unpaired) electrons. The summed E-state index contributed by atoms with van der Waals surface area (Å²) in [6, 6.07) is 1.15. The first-order valence-electron chi connectivity index (χ1n) is 5.68. The van der Waals surface area contributed by atoms with Crippen molar-refractivity contribution in [1.29, 1.82) is 0 Å². The molecule has 0 aromatic carbocycles. The second-order valence-corrected chi connectivity index (χ2v) is 14.3. The zero-order valence-corrected chi connectivity index (χ0v) is 12.9. The molecule has 0 heterocycles. The summed E-state index contributed by atoms with van der Waals surface area (Å²) >= 11 is 0. The number of carbonyl (C=O) groups is 2. The minimum absolute atomic E-state index is 0. The van der Waals surface area contributed by atoms with E-state index in [9.17, 15) is 9.59 Å². The molecule has 0 aromatic heterocycles. The van der Waals surface area contributed by atoms with Crippen molar-refractivity contribution in [3.05, 3.63) is 0 Å². The Hall–Kier alpha value is -0.666. The molecule has 0 aliphatic rings. The predicted octanol–water partition coefficient (Wildman–Crippen LogP) is 3.63. The van der Waals surface area contributed by atoms with E-state index in [1.165, 1.54) is 0 Å². The Labute approximate surface area is 119 Å². The summed E-state index contributed by atoms with van der Waals surface area (Å²) < 4.78 is 6.08. The zero-order chi connectivity index (χ0) is 13.7. The van der Waals surface area contributed by atoms with Gasteiger partial charge in [0.15, 0.2) is 16.6 Å². The lowest BCUT2D eigenvalue weighted by molar-refractivity contribution is -0.137. The number of aliphatic carboxylic acids is 2. The average molecular weight is 311 g/mol. The highest BCUT2D eigenvalue weighted by atomic mass is 28.4. The topological polar surface area (TPSA) is 83.8 Å². The van der Waals surface area contributed by atoms with Crippen LogP contribution < -0.4 is 0 Å². The minimum atomic E-state index is -1.99. The molecule has 0 aliphatic carbocycles. The van der Waals surface area contributed by atoms with Gasteiger partial charge in [0.1, 0.15) is 0 Å². The smallest absolute Gasteiger partial charge is 0.303 e. The Kier molecular flexibility index (Phi) is 11.4. The van der Waals surface area contributed by atoms with E-state index in [2.05, 4.69) is 0 Å². The monoisotopic (exact) mass is 310 g/mol. The summed E-state index contributed by atoms with van der Waals surface area (Å²) in [6.45, 7) is 7.97. The third kappa shape index (κ3) is 13.6. The molecule has 7 heteroatoms. The van der Waals surface area contributed by atoms with Gasteiger partial charge in [0.2, 0.25) is 0 Å². The number of rotatable bonds is 8. The van der Waals surface area contributed by atoms with Crippen LogP contribution >= 0.6 is 0 Å². The molecule has 0 atom stereocenters. The molecule has 5 nitrogen and oxygen atoms in total. The second-order valence-electron chi connectivity index (χ2n) is 5.41. The van der Waals surface area contributed by atoms with Crippen molar-refractivity contribution < 1.29 is 23.9 Å². The maximum Gasteiger partial charge on any atom is 0.303 e. The van der Waals surface area contributed by atoms with Crippen LogP contribution in [0.4, 0.5) is 0 Å². The number of hydrogen-bond acceptors (Lipinski definition) is 3. The van der Waals surface area contributed by atoms with E-state index >= 15 is 0 Å². The highest BCUT2D eigenvalue weighted by Gasteiger charge is 2.33. The van der Waals surface area contributed by atoms with E-state index < -0.39 is 28.6 Å². The zero-order valence-electron chi connectivity index (χ0n) is 10.9. The van der Waals surface area contributed by atoms with Gasteiger partial charge in [-0.25, -0.2) is 0 Å². The summed E-state index contributed by atoms with van der Waals surface area (Å²) in [6.07, 6.45) is 0.255. The SMILES string of the molecule is C.C.C[Si](C)(CCC(=O)O)O[Si](C)(C)CCC(=O)O. The maximum absolute atomic E-state index is 10.5. The molecule has 2 N–H and O–H groups in total. The molecule has 0 saturated heterocycles. The highest BCUT2D eigenvalue weighted by Crippen LogP contribution is 2.23. The van der Waals surface area contributed by atoms with Crippen LogP contribution in [0.1, 0.15) is 27.7 Å². The van der Waals surface area contributed by atoms with E-state index in [4.69, 9.17) is 14.3 Å². The lowest BCUT2D eigenvalue weighted by Gasteiger charge is -2.33. The Morgan fingerprint density at radius 3 is 1.32 bits per heavy atom. The largest absolute Gasteiger partial charge is 0.481 e. The maximum atomic E-state index is 10.5. The molecule has 0 saturated carbocycles. The van der Waals surface area contributed by atoms with Crippen LogP contribution in [-0.2, 0) is 13.7 Å². The standard InChI is InChI=1S/C10H22O5Si2.2CH4/c1-16(2,7-5-9(11)12)15-17(3,4)8-6-10(13)14;;/h5-8H2,1-4H3,(H,11,12)(H,13,14);2*1H4. The molecular weight excluding hydrogens is 280 g/mol. The average Bonchev–Trinajstić information content (AvgIpc) is 2.10. The first-order valence-corrected chi connectivity index (χ1v) is 11.9. The fraction of sp³-hybridized carbons (Fsp3) is 0.833. The van der Waals surface area contributed by atoms with E-state index in [-0.39, 0.29) is 27.7 Å². The van der Waals surface area contributed by atoms with E-state index in [1.807, 2.05) is 26.2 Å². The van der Waals surface area contributed by atoms with Gasteiger partial charge in [0.25, 0.3) is 0 Å². The van der Waals surface area contributed by atoms with Gasteiger partial charge in [-0.15, -0.1) is 0 Å². The van der Waals surface area contributed by atoms with Crippen LogP contribution in [0.2, 0.25) is 38.3 Å². The molecule has 0 unspecified atom stereocenters. The summed E-state index contributed by atoms with van der Waals surface area (Å²) in [5.41, 5.74) is 0. The summed E-state index contributed by atoms with van der Waals surface area (Å²) in [5.74, 6) is -1.61. The Bertz CT molecular complexity index is 262. The van der Waals surface area contributed by atoms with Gasteiger partial charge in [0, 0.05) is 12.8 Å². The van der Waals surface area contributed by atoms with Gasteiger partial charge in [-0.3, -0.25) is 9.59 Å². The third-order valence-corrected chi connectivity index (χ3v) is 9.76. The molecule has 0 aliphatic heterocycles. The van der Waals surface area contributed by atoms with Crippen LogP contribution in [0.3, 0.4) is 0 Å². The van der Waals surface area contributed by atoms with Gasteiger partial charge < -0.3 is 14.3 Å². The molecule has 19 heavy (non-hydrogen) atoms. The van der Waals surface area contributed by atoms with Gasteiger partial charge in [-0.2, -0.15) is 0 Å². The van der Waals surface area contributed by atoms with Crippen molar-refractivity contribution in [3.8, 4) is 0 Å². The molecule has 116 valence electrons. The quantitative estimate of drug-likeness (QED) is 0.669. The van der Waals surface area contributed by atoms with Gasteiger partial charge in [-0.05, 0) is 38.3 Å². The van der Waals surface area contributed by atoms with E-state index in [0.717, 1.165) is 0 Å². The summed E-state index contributed by atoms with van der Waals surface area (Å²) in [5, 5.41) is 17.3. The molecule has 0 aromatic rings. The minimum Gasteiger partial charge on any atom is -0.481 e. The molecule has 0 rings (SSSR count). The van der Waals surface area contributed by atoms with E-state index in [0.29, 0.717) is 12.1 Å². The van der Waals surface area contributed by atoms with Crippen LogP contribution in [0, 0.1) is 0 Å². The van der Waals surface area contributed by atoms with Crippen molar-refractivity contribution in [2.24, 2.45) is 0 Å². The number of carboxylic acids is 2. The third-order valence-electron chi connectivity index (χ3n) is 2.43. The highest BCUT2D eigenvalue weighted by molar-refractivity contribution is 6.85. The second kappa shape index (κ2) is 9.27. The van der Waals surface area contributed by atoms with Crippen LogP contribution in [0.25, 0.3) is 0 Å². The molecular formula is C12H30O5Si2. The van der Waals surface area contributed by atoms with Gasteiger partial charge in [0.05, 0.1) is 0 Å². The predicted molar refractivity (Wildman–Crippen MR) is 83.6 cm³/mol. The molecule has 0 bridgehead atoms. The van der Waals surface area contributed by atoms with Gasteiger partial charge >= 0.3 is 11.9 Å². The summed E-state index contributed by atoms with van der Waals surface area (Å²) in [4.78, 5) is 21.1. The normalized spacial score (nSPS) is 11.2. The first kappa shape index (κ1) is 23.4. The fourth-order valence-electron chi connectivity index (χ4n) is 1.67. The fourth-order valence-corrected chi connectivity index (χ4v) is 10.1. The van der Waals surface area contributed by atoms with Crippen molar-refractivity contribution in [3.63, 3.8) is 0 Å². The van der Waals surface area contributed by atoms with Crippen molar-refractivity contribution in [2.75, 3.05) is 0 Å². The van der Waals surface area contributed by atoms with Crippen molar-refractivity contribution >= 4 is 28.6 Å². The Morgan fingerprint density at radius 2 is 1.11 bits per heavy atom. The lowest BCUT2D eigenvalue weighted by atomic mass is 10.5. The van der Waals surface area contributed by atoms with Crippen LogP contribution in [0.15, 0.2) is 0 Å². The first-order chi connectivity index (χ1) is 7.54. The van der Waals surface area contributed by atoms with Crippen molar-refractivity contribution in [2.45, 2.75) is 66.0 Å². The Morgan fingerprint density at radius 1 is 0.842 bits per heavy atom. The molecule has 0 amide bonds. The van der Waals surface area contributed by atoms with E-state index in [1.54, 1.807) is 0 Å². The summed E-state index contributed by atoms with van der Waals surface area (Å²) in [7, 11) is -3.97.